The van der Waals surface area contributed by atoms with Gasteiger partial charge in [-0.1, -0.05) is 6.92 Å². The summed E-state index contributed by atoms with van der Waals surface area (Å²) in [5, 5.41) is 11.7. The first-order valence-electron chi connectivity index (χ1n) is 10.2. The second kappa shape index (κ2) is 6.36. The molecule has 1 atom stereocenters. The Morgan fingerprint density at radius 2 is 2.06 bits per heavy atom. The molecule has 1 aromatic carbocycles. The maximum absolute atomic E-state index is 13.3. The van der Waals surface area contributed by atoms with Crippen molar-refractivity contribution in [1.82, 2.24) is 9.55 Å². The predicted octanol–water partition coefficient (Wildman–Crippen LogP) is 2.13. The van der Waals surface area contributed by atoms with Gasteiger partial charge in [0, 0.05) is 28.5 Å². The van der Waals surface area contributed by atoms with E-state index >= 15 is 0 Å². The van der Waals surface area contributed by atoms with Crippen molar-refractivity contribution >= 4 is 34.2 Å². The summed E-state index contributed by atoms with van der Waals surface area (Å²) in [5.74, 6) is 0.335. The molecule has 3 aliphatic heterocycles. The number of halogens is 1. The van der Waals surface area contributed by atoms with E-state index < -0.39 is 11.6 Å². The zero-order valence-corrected chi connectivity index (χ0v) is 17.8. The maximum atomic E-state index is 13.3. The number of nitrogen functional groups attached to an aromatic ring is 1. The van der Waals surface area contributed by atoms with Gasteiger partial charge in [0.25, 0.3) is 5.56 Å². The Hall–Kier alpha value is -3.30. The van der Waals surface area contributed by atoms with Crippen molar-refractivity contribution in [3.8, 4) is 22.9 Å². The van der Waals surface area contributed by atoms with E-state index in [1.807, 2.05) is 0 Å². The van der Waals surface area contributed by atoms with Crippen molar-refractivity contribution in [2.24, 2.45) is 0 Å². The van der Waals surface area contributed by atoms with Gasteiger partial charge in [-0.15, -0.1) is 11.6 Å². The Morgan fingerprint density at radius 3 is 2.81 bits per heavy atom. The van der Waals surface area contributed by atoms with E-state index in [2.05, 4.69) is 0 Å². The lowest BCUT2D eigenvalue weighted by Gasteiger charge is -2.31. The highest BCUT2D eigenvalue weighted by Gasteiger charge is 2.45. The summed E-state index contributed by atoms with van der Waals surface area (Å²) in [5.41, 5.74) is 8.24. The highest BCUT2D eigenvalue weighted by molar-refractivity contribution is 6.19. The van der Waals surface area contributed by atoms with Crippen LogP contribution in [0, 0.1) is 0 Å². The van der Waals surface area contributed by atoms with Gasteiger partial charge in [-0.2, -0.15) is 0 Å². The van der Waals surface area contributed by atoms with Crippen molar-refractivity contribution in [3.63, 3.8) is 0 Å². The number of fused-ring (bicyclic) bond motifs is 6. The molecule has 0 saturated carbocycles. The Balaban J connectivity index is 1.67. The van der Waals surface area contributed by atoms with Crippen molar-refractivity contribution in [2.45, 2.75) is 38.0 Å². The standard InChI is InChI=1S/C22H18ClN3O6/c1-2-22(29)12-3-14-18-10(6-26(14)20(27)11(12)7-30-21(22)28)9(5-23)16-13(25-18)4-15-19(17(16)24)32-8-31-15/h3-4,29H,2,5-8,24H2,1H3/t22-/m0/s1. The number of anilines is 1. The fourth-order valence-corrected chi connectivity index (χ4v) is 5.18. The minimum absolute atomic E-state index is 0.0713. The van der Waals surface area contributed by atoms with Crippen LogP contribution in [-0.2, 0) is 34.2 Å². The number of nitrogens with zero attached hydrogens (tertiary/aromatic N) is 2. The number of ether oxygens (including phenoxy) is 3. The number of cyclic esters (lactones) is 1. The van der Waals surface area contributed by atoms with E-state index in [0.29, 0.717) is 39.5 Å². The summed E-state index contributed by atoms with van der Waals surface area (Å²) in [6.45, 7) is 1.80. The molecular formula is C22H18ClN3O6. The number of esters is 1. The second-order valence-electron chi connectivity index (χ2n) is 8.07. The van der Waals surface area contributed by atoms with Crippen LogP contribution in [-0.4, -0.2) is 27.4 Å². The van der Waals surface area contributed by atoms with Crippen LogP contribution >= 0.6 is 11.6 Å². The molecule has 0 bridgehead atoms. The third-order valence-electron chi connectivity index (χ3n) is 6.60. The van der Waals surface area contributed by atoms with Gasteiger partial charge in [0.2, 0.25) is 6.79 Å². The van der Waals surface area contributed by atoms with Crippen LogP contribution in [0.2, 0.25) is 0 Å². The van der Waals surface area contributed by atoms with Crippen LogP contribution in [0.15, 0.2) is 16.9 Å². The number of aliphatic hydroxyl groups is 1. The first kappa shape index (κ1) is 19.4. The average molecular weight is 456 g/mol. The molecule has 9 nitrogen and oxygen atoms in total. The third kappa shape index (κ3) is 2.24. The highest BCUT2D eigenvalue weighted by Crippen LogP contribution is 2.47. The quantitative estimate of drug-likeness (QED) is 0.267. The molecule has 0 spiro atoms. The lowest BCUT2D eigenvalue weighted by atomic mass is 9.86. The summed E-state index contributed by atoms with van der Waals surface area (Å²) in [7, 11) is 0. The molecule has 32 heavy (non-hydrogen) atoms. The number of hydrogen-bond donors (Lipinski definition) is 2. The molecule has 3 aliphatic rings. The molecule has 3 N–H and O–H groups in total. The summed E-state index contributed by atoms with van der Waals surface area (Å²) >= 11 is 6.36. The topological polar surface area (TPSA) is 126 Å². The molecular weight excluding hydrogens is 438 g/mol. The zero-order chi connectivity index (χ0) is 22.4. The van der Waals surface area contributed by atoms with E-state index in [1.165, 1.54) is 0 Å². The maximum Gasteiger partial charge on any atom is 0.343 e. The lowest BCUT2D eigenvalue weighted by Crippen LogP contribution is -2.44. The number of benzene rings is 1. The first-order chi connectivity index (χ1) is 15.4. The van der Waals surface area contributed by atoms with E-state index in [0.717, 1.165) is 11.1 Å². The summed E-state index contributed by atoms with van der Waals surface area (Å²) in [6, 6.07) is 3.41. The number of pyridine rings is 2. The summed E-state index contributed by atoms with van der Waals surface area (Å²) in [6.07, 6.45) is 0.0761. The Kier molecular flexibility index (Phi) is 3.86. The molecule has 5 heterocycles. The summed E-state index contributed by atoms with van der Waals surface area (Å²) < 4.78 is 17.7. The minimum atomic E-state index is -1.88. The van der Waals surface area contributed by atoms with Crippen LogP contribution in [0.25, 0.3) is 22.3 Å². The fourth-order valence-electron chi connectivity index (χ4n) is 4.88. The van der Waals surface area contributed by atoms with Crippen molar-refractivity contribution in [1.29, 1.82) is 0 Å². The second-order valence-corrected chi connectivity index (χ2v) is 8.34. The molecule has 10 heteroatoms. The smallest absolute Gasteiger partial charge is 0.343 e. The fraction of sp³-hybridized carbons (Fsp3) is 0.318. The van der Waals surface area contributed by atoms with Gasteiger partial charge < -0.3 is 29.6 Å². The van der Waals surface area contributed by atoms with E-state index in [9.17, 15) is 14.7 Å². The number of nitrogens with two attached hydrogens (primary N) is 1. The van der Waals surface area contributed by atoms with Crippen LogP contribution in [0.1, 0.15) is 35.6 Å². The van der Waals surface area contributed by atoms with Crippen LogP contribution < -0.4 is 20.8 Å². The molecule has 0 amide bonds. The highest BCUT2D eigenvalue weighted by atomic mass is 35.5. The molecule has 0 unspecified atom stereocenters. The van der Waals surface area contributed by atoms with Gasteiger partial charge in [-0.3, -0.25) is 4.79 Å². The molecule has 2 aromatic heterocycles. The van der Waals surface area contributed by atoms with E-state index in [-0.39, 0.29) is 48.9 Å². The van der Waals surface area contributed by atoms with Gasteiger partial charge in [-0.05, 0) is 18.1 Å². The van der Waals surface area contributed by atoms with Crippen LogP contribution in [0.3, 0.4) is 0 Å². The number of carbonyl (C=O) groups excluding carboxylic acids is 1. The molecule has 0 radical (unpaired) electrons. The normalized spacial score (nSPS) is 20.2. The largest absolute Gasteiger partial charge is 0.458 e. The third-order valence-corrected chi connectivity index (χ3v) is 6.87. The Bertz CT molecular complexity index is 1430. The number of carbonyl (C=O) groups is 1. The van der Waals surface area contributed by atoms with E-state index in [4.69, 9.17) is 36.5 Å². The number of aromatic nitrogens is 2. The summed E-state index contributed by atoms with van der Waals surface area (Å²) in [4.78, 5) is 30.5. The lowest BCUT2D eigenvalue weighted by molar-refractivity contribution is -0.172. The molecule has 6 rings (SSSR count). The average Bonchev–Trinajstić information content (AvgIpc) is 3.40. The molecule has 0 aliphatic carbocycles. The molecule has 0 saturated heterocycles. The monoisotopic (exact) mass is 455 g/mol. The zero-order valence-electron chi connectivity index (χ0n) is 17.0. The molecule has 3 aromatic rings. The van der Waals surface area contributed by atoms with Gasteiger partial charge in [-0.25, -0.2) is 9.78 Å². The van der Waals surface area contributed by atoms with Crippen molar-refractivity contribution in [2.75, 3.05) is 12.5 Å². The Morgan fingerprint density at radius 1 is 1.25 bits per heavy atom. The van der Waals surface area contributed by atoms with Crippen molar-refractivity contribution < 1.29 is 24.1 Å². The molecule has 0 fully saturated rings. The minimum Gasteiger partial charge on any atom is -0.458 e. The number of hydrogen-bond acceptors (Lipinski definition) is 8. The number of alkyl halides is 1. The SMILES string of the molecule is CC[C@@]1(O)C(=O)OCc2c1cc1n(c2=O)Cc2c-1nc1cc3c(c(N)c1c2CCl)OCO3. The van der Waals surface area contributed by atoms with Gasteiger partial charge in [0.15, 0.2) is 17.1 Å². The molecule has 164 valence electrons. The van der Waals surface area contributed by atoms with Gasteiger partial charge in [0.05, 0.1) is 34.7 Å². The van der Waals surface area contributed by atoms with Gasteiger partial charge >= 0.3 is 5.97 Å². The van der Waals surface area contributed by atoms with Crippen LogP contribution in [0.5, 0.6) is 11.5 Å². The van der Waals surface area contributed by atoms with Crippen molar-refractivity contribution in [3.05, 3.63) is 44.7 Å². The van der Waals surface area contributed by atoms with Crippen LogP contribution in [0.4, 0.5) is 5.69 Å². The first-order valence-corrected chi connectivity index (χ1v) is 10.7. The Labute approximate surface area is 186 Å². The predicted molar refractivity (Wildman–Crippen MR) is 115 cm³/mol. The number of rotatable bonds is 2. The van der Waals surface area contributed by atoms with E-state index in [1.54, 1.807) is 23.6 Å². The van der Waals surface area contributed by atoms with Gasteiger partial charge in [0.1, 0.15) is 6.61 Å².